The number of pyridine rings is 1. The normalized spacial score (nSPS) is 10.3. The summed E-state index contributed by atoms with van der Waals surface area (Å²) in [6, 6.07) is 3.22. The number of hydrogen-bond acceptors (Lipinski definition) is 3. The van der Waals surface area contributed by atoms with Crippen molar-refractivity contribution in [2.75, 3.05) is 5.32 Å². The second-order valence-electron chi connectivity index (χ2n) is 3.32. The number of anilines is 1. The number of nitrogens with one attached hydrogen (secondary N) is 1. The molecule has 2 aromatic heterocycles. The van der Waals surface area contributed by atoms with Gasteiger partial charge in [-0.1, -0.05) is 23.2 Å². The Bertz CT molecular complexity index is 550. The quantitative estimate of drug-likeness (QED) is 0.912. The molecule has 17 heavy (non-hydrogen) atoms. The molecule has 2 heterocycles. The minimum absolute atomic E-state index is 0.158. The number of aryl methyl sites for hydroxylation is 1. The van der Waals surface area contributed by atoms with Crippen LogP contribution in [0.3, 0.4) is 0 Å². The Kier molecular flexibility index (Phi) is 3.31. The van der Waals surface area contributed by atoms with Crippen LogP contribution in [0, 0.1) is 0 Å². The van der Waals surface area contributed by atoms with Gasteiger partial charge >= 0.3 is 0 Å². The fourth-order valence-corrected chi connectivity index (χ4v) is 1.62. The van der Waals surface area contributed by atoms with Crippen molar-refractivity contribution in [3.8, 4) is 0 Å². The first-order chi connectivity index (χ1) is 8.06. The van der Waals surface area contributed by atoms with Gasteiger partial charge in [-0.3, -0.25) is 9.48 Å². The van der Waals surface area contributed by atoms with Crippen LogP contribution in [0.15, 0.2) is 24.5 Å². The Morgan fingerprint density at radius 1 is 1.41 bits per heavy atom. The Balaban J connectivity index is 2.17. The Labute approximate surface area is 107 Å². The standard InChI is InChI=1S/C10H8Cl2N4O/c1-16-5-7(12)9(15-16)10(17)14-8-3-2-6(11)4-13-8/h2-5H,1H3,(H,13,14,17). The summed E-state index contributed by atoms with van der Waals surface area (Å²) < 4.78 is 1.46. The van der Waals surface area contributed by atoms with E-state index in [2.05, 4.69) is 15.4 Å². The molecule has 1 N–H and O–H groups in total. The minimum Gasteiger partial charge on any atom is -0.305 e. The molecule has 0 aliphatic heterocycles. The first-order valence-corrected chi connectivity index (χ1v) is 5.44. The van der Waals surface area contributed by atoms with Crippen LogP contribution in [0.5, 0.6) is 0 Å². The first kappa shape index (κ1) is 11.9. The van der Waals surface area contributed by atoms with Gasteiger partial charge in [-0.05, 0) is 12.1 Å². The summed E-state index contributed by atoms with van der Waals surface area (Å²) in [6.07, 6.45) is 2.99. The SMILES string of the molecule is Cn1cc(Cl)c(C(=O)Nc2ccc(Cl)cn2)n1. The molecule has 0 unspecified atom stereocenters. The minimum atomic E-state index is -0.412. The van der Waals surface area contributed by atoms with E-state index < -0.39 is 5.91 Å². The van der Waals surface area contributed by atoms with Crippen LogP contribution in [0.2, 0.25) is 10.0 Å². The first-order valence-electron chi connectivity index (χ1n) is 4.68. The van der Waals surface area contributed by atoms with Gasteiger partial charge in [0, 0.05) is 19.4 Å². The molecule has 0 aliphatic rings. The van der Waals surface area contributed by atoms with E-state index in [0.717, 1.165) is 0 Å². The second-order valence-corrected chi connectivity index (χ2v) is 4.16. The van der Waals surface area contributed by atoms with Gasteiger partial charge in [-0.15, -0.1) is 0 Å². The summed E-state index contributed by atoms with van der Waals surface area (Å²) >= 11 is 11.5. The van der Waals surface area contributed by atoms with Gasteiger partial charge in [0.2, 0.25) is 0 Å². The maximum absolute atomic E-state index is 11.8. The predicted molar refractivity (Wildman–Crippen MR) is 65.4 cm³/mol. The third-order valence-electron chi connectivity index (χ3n) is 1.97. The average molecular weight is 271 g/mol. The molecule has 0 saturated heterocycles. The fraction of sp³-hybridized carbons (Fsp3) is 0.100. The molecule has 0 radical (unpaired) electrons. The largest absolute Gasteiger partial charge is 0.305 e. The Hall–Kier alpha value is -1.59. The summed E-state index contributed by atoms with van der Waals surface area (Å²) in [4.78, 5) is 15.7. The lowest BCUT2D eigenvalue weighted by molar-refractivity contribution is 0.102. The monoisotopic (exact) mass is 270 g/mol. The molecule has 0 spiro atoms. The van der Waals surface area contributed by atoms with Gasteiger partial charge in [-0.25, -0.2) is 4.98 Å². The highest BCUT2D eigenvalue weighted by molar-refractivity contribution is 6.34. The molecule has 7 heteroatoms. The van der Waals surface area contributed by atoms with E-state index in [1.165, 1.54) is 10.9 Å². The molecule has 0 atom stereocenters. The van der Waals surface area contributed by atoms with Crippen molar-refractivity contribution in [3.05, 3.63) is 40.3 Å². The Morgan fingerprint density at radius 3 is 2.71 bits per heavy atom. The third kappa shape index (κ3) is 2.75. The van der Waals surface area contributed by atoms with Gasteiger partial charge in [0.1, 0.15) is 5.82 Å². The smallest absolute Gasteiger partial charge is 0.278 e. The number of carbonyl (C=O) groups is 1. The zero-order chi connectivity index (χ0) is 12.4. The molecule has 0 aromatic carbocycles. The van der Waals surface area contributed by atoms with E-state index in [1.54, 1.807) is 25.4 Å². The van der Waals surface area contributed by atoms with E-state index in [4.69, 9.17) is 23.2 Å². The fourth-order valence-electron chi connectivity index (χ4n) is 1.24. The molecule has 2 rings (SSSR count). The zero-order valence-corrected chi connectivity index (χ0v) is 10.3. The Morgan fingerprint density at radius 2 is 2.18 bits per heavy atom. The van der Waals surface area contributed by atoms with Gasteiger partial charge < -0.3 is 5.32 Å². The lowest BCUT2D eigenvalue weighted by Gasteiger charge is -2.01. The van der Waals surface area contributed by atoms with Crippen molar-refractivity contribution < 1.29 is 4.79 Å². The van der Waals surface area contributed by atoms with Gasteiger partial charge in [-0.2, -0.15) is 5.10 Å². The summed E-state index contributed by atoms with van der Waals surface area (Å²) in [5, 5.41) is 7.30. The van der Waals surface area contributed by atoms with Crippen LogP contribution in [-0.4, -0.2) is 20.7 Å². The van der Waals surface area contributed by atoms with E-state index >= 15 is 0 Å². The topological polar surface area (TPSA) is 59.8 Å². The third-order valence-corrected chi connectivity index (χ3v) is 2.47. The van der Waals surface area contributed by atoms with E-state index in [-0.39, 0.29) is 5.69 Å². The molecule has 0 aliphatic carbocycles. The van der Waals surface area contributed by atoms with Crippen molar-refractivity contribution in [1.82, 2.24) is 14.8 Å². The van der Waals surface area contributed by atoms with E-state index in [9.17, 15) is 4.79 Å². The molecule has 88 valence electrons. The second kappa shape index (κ2) is 4.73. The molecule has 0 fully saturated rings. The molecule has 1 amide bonds. The molecule has 0 bridgehead atoms. The molecule has 2 aromatic rings. The summed E-state index contributed by atoms with van der Waals surface area (Å²) in [5.41, 5.74) is 0.158. The van der Waals surface area contributed by atoms with Gasteiger partial charge in [0.15, 0.2) is 5.69 Å². The lowest BCUT2D eigenvalue weighted by Crippen LogP contribution is -2.14. The summed E-state index contributed by atoms with van der Waals surface area (Å²) in [7, 11) is 1.68. The van der Waals surface area contributed by atoms with Crippen LogP contribution in [-0.2, 0) is 7.05 Å². The molecular weight excluding hydrogens is 263 g/mol. The number of nitrogens with zero attached hydrogens (tertiary/aromatic N) is 3. The van der Waals surface area contributed by atoms with Gasteiger partial charge in [0.25, 0.3) is 5.91 Å². The maximum atomic E-state index is 11.8. The highest BCUT2D eigenvalue weighted by Crippen LogP contribution is 2.15. The number of aromatic nitrogens is 3. The number of hydrogen-bond donors (Lipinski definition) is 1. The number of rotatable bonds is 2. The van der Waals surface area contributed by atoms with E-state index in [0.29, 0.717) is 15.9 Å². The highest BCUT2D eigenvalue weighted by Gasteiger charge is 2.15. The molecule has 0 saturated carbocycles. The predicted octanol–water partition coefficient (Wildman–Crippen LogP) is 2.37. The molecular formula is C10H8Cl2N4O. The number of amides is 1. The van der Waals surface area contributed by atoms with Crippen LogP contribution in [0.4, 0.5) is 5.82 Å². The zero-order valence-electron chi connectivity index (χ0n) is 8.82. The lowest BCUT2D eigenvalue weighted by atomic mass is 10.4. The van der Waals surface area contributed by atoms with E-state index in [1.807, 2.05) is 0 Å². The average Bonchev–Trinajstić information content (AvgIpc) is 2.61. The molecule has 5 nitrogen and oxygen atoms in total. The summed E-state index contributed by atoms with van der Waals surface area (Å²) in [5.74, 6) is -0.0217. The van der Waals surface area contributed by atoms with Crippen molar-refractivity contribution in [2.24, 2.45) is 7.05 Å². The number of halogens is 2. The van der Waals surface area contributed by atoms with Crippen molar-refractivity contribution in [2.45, 2.75) is 0 Å². The van der Waals surface area contributed by atoms with Gasteiger partial charge in [0.05, 0.1) is 10.0 Å². The van der Waals surface area contributed by atoms with Crippen LogP contribution < -0.4 is 5.32 Å². The highest BCUT2D eigenvalue weighted by atomic mass is 35.5. The summed E-state index contributed by atoms with van der Waals surface area (Å²) in [6.45, 7) is 0. The maximum Gasteiger partial charge on any atom is 0.278 e. The van der Waals surface area contributed by atoms with Crippen molar-refractivity contribution >= 4 is 34.9 Å². The van der Waals surface area contributed by atoms with Crippen LogP contribution in [0.1, 0.15) is 10.5 Å². The van der Waals surface area contributed by atoms with Crippen LogP contribution >= 0.6 is 23.2 Å². The van der Waals surface area contributed by atoms with Crippen LogP contribution in [0.25, 0.3) is 0 Å². The number of carbonyl (C=O) groups excluding carboxylic acids is 1. The van der Waals surface area contributed by atoms with Crippen molar-refractivity contribution in [3.63, 3.8) is 0 Å². The van der Waals surface area contributed by atoms with Crippen molar-refractivity contribution in [1.29, 1.82) is 0 Å².